The Labute approximate surface area is 155 Å². The minimum Gasteiger partial charge on any atom is -0.493 e. The number of thioether (sulfide) groups is 1. The fourth-order valence-corrected chi connectivity index (χ4v) is 3.04. The molecule has 1 aliphatic heterocycles. The van der Waals surface area contributed by atoms with E-state index in [2.05, 4.69) is 15.5 Å². The van der Waals surface area contributed by atoms with Crippen molar-refractivity contribution in [1.29, 1.82) is 0 Å². The lowest BCUT2D eigenvalue weighted by Crippen LogP contribution is -2.19. The highest BCUT2D eigenvalue weighted by Gasteiger charge is 2.23. The molecule has 7 heteroatoms. The molecule has 1 amide bonds. The number of benzene rings is 2. The standard InChI is InChI=1S/C19H17N3O3S/c1-24-15-9-8-14(10-16(15)25-2)12-20-22-19-21-18(23)17(26-19)11-13-6-4-3-5-7-13/h3-12H,1-2H3,(H,21,22,23)/b17-11+,20-12?. The summed E-state index contributed by atoms with van der Waals surface area (Å²) in [5, 5.41) is 11.2. The zero-order chi connectivity index (χ0) is 18.4. The molecule has 6 nitrogen and oxygen atoms in total. The van der Waals surface area contributed by atoms with E-state index in [9.17, 15) is 4.79 Å². The van der Waals surface area contributed by atoms with Crippen LogP contribution < -0.4 is 14.8 Å². The molecular weight excluding hydrogens is 350 g/mol. The van der Waals surface area contributed by atoms with E-state index in [1.165, 1.54) is 11.8 Å². The Kier molecular flexibility index (Phi) is 5.70. The first-order chi connectivity index (χ1) is 12.7. The summed E-state index contributed by atoms with van der Waals surface area (Å²) >= 11 is 1.25. The Bertz CT molecular complexity index is 892. The maximum absolute atomic E-state index is 12.0. The average Bonchev–Trinajstić information content (AvgIpc) is 3.01. The Balaban J connectivity index is 1.71. The number of hydrogen-bond acceptors (Lipinski definition) is 6. The summed E-state index contributed by atoms with van der Waals surface area (Å²) < 4.78 is 10.4. The fourth-order valence-electron chi connectivity index (χ4n) is 2.26. The van der Waals surface area contributed by atoms with Gasteiger partial charge in [0, 0.05) is 0 Å². The van der Waals surface area contributed by atoms with Crippen molar-refractivity contribution in [2.45, 2.75) is 0 Å². The molecule has 0 spiro atoms. The second kappa shape index (κ2) is 8.35. The van der Waals surface area contributed by atoms with Gasteiger partial charge in [0.05, 0.1) is 25.3 Å². The minimum absolute atomic E-state index is 0.182. The first-order valence-corrected chi connectivity index (χ1v) is 8.60. The summed E-state index contributed by atoms with van der Waals surface area (Å²) in [6.45, 7) is 0. The zero-order valence-corrected chi connectivity index (χ0v) is 15.1. The van der Waals surface area contributed by atoms with Crippen LogP contribution in [-0.2, 0) is 4.79 Å². The third kappa shape index (κ3) is 4.31. The Morgan fingerprint density at radius 2 is 1.77 bits per heavy atom. The molecular formula is C19H17N3O3S. The van der Waals surface area contributed by atoms with Crippen molar-refractivity contribution < 1.29 is 14.3 Å². The summed E-state index contributed by atoms with van der Waals surface area (Å²) in [6.07, 6.45) is 3.40. The van der Waals surface area contributed by atoms with Gasteiger partial charge in [-0.1, -0.05) is 30.3 Å². The monoisotopic (exact) mass is 367 g/mol. The van der Waals surface area contributed by atoms with Gasteiger partial charge in [-0.15, -0.1) is 5.10 Å². The number of amides is 1. The van der Waals surface area contributed by atoms with Gasteiger partial charge in [-0.2, -0.15) is 5.10 Å². The lowest BCUT2D eigenvalue weighted by molar-refractivity contribution is -0.115. The molecule has 0 unspecified atom stereocenters. The smallest absolute Gasteiger partial charge is 0.264 e. The second-order valence-electron chi connectivity index (χ2n) is 5.24. The number of rotatable bonds is 5. The van der Waals surface area contributed by atoms with Crippen LogP contribution in [0, 0.1) is 0 Å². The number of methoxy groups -OCH3 is 2. The van der Waals surface area contributed by atoms with Crippen LogP contribution in [0.2, 0.25) is 0 Å². The van der Waals surface area contributed by atoms with Crippen LogP contribution in [0.1, 0.15) is 11.1 Å². The predicted molar refractivity (Wildman–Crippen MR) is 105 cm³/mol. The molecule has 3 rings (SSSR count). The Hall–Kier alpha value is -3.06. The summed E-state index contributed by atoms with van der Waals surface area (Å²) in [5.41, 5.74) is 1.77. The largest absolute Gasteiger partial charge is 0.493 e. The van der Waals surface area contributed by atoms with Crippen LogP contribution in [-0.4, -0.2) is 31.5 Å². The number of hydrogen-bond donors (Lipinski definition) is 1. The van der Waals surface area contributed by atoms with Gasteiger partial charge in [0.15, 0.2) is 16.7 Å². The maximum atomic E-state index is 12.0. The first-order valence-electron chi connectivity index (χ1n) is 7.78. The predicted octanol–water partition coefficient (Wildman–Crippen LogP) is 3.30. The van der Waals surface area contributed by atoms with Crippen LogP contribution in [0.15, 0.2) is 63.6 Å². The highest BCUT2D eigenvalue weighted by atomic mass is 32.2. The molecule has 1 saturated heterocycles. The Morgan fingerprint density at radius 1 is 1.00 bits per heavy atom. The van der Waals surface area contributed by atoms with E-state index in [0.717, 1.165) is 11.1 Å². The number of carbonyl (C=O) groups excluding carboxylic acids is 1. The van der Waals surface area contributed by atoms with Gasteiger partial charge in [-0.05, 0) is 47.2 Å². The molecule has 2 aromatic carbocycles. The third-order valence-electron chi connectivity index (χ3n) is 3.51. The van der Waals surface area contributed by atoms with Gasteiger partial charge in [-0.3, -0.25) is 10.1 Å². The number of amidine groups is 1. The lowest BCUT2D eigenvalue weighted by atomic mass is 10.2. The molecule has 0 radical (unpaired) electrons. The van der Waals surface area contributed by atoms with E-state index in [1.807, 2.05) is 42.5 Å². The minimum atomic E-state index is -0.182. The second-order valence-corrected chi connectivity index (χ2v) is 6.27. The van der Waals surface area contributed by atoms with Crippen molar-refractivity contribution in [3.05, 3.63) is 64.6 Å². The van der Waals surface area contributed by atoms with E-state index < -0.39 is 0 Å². The van der Waals surface area contributed by atoms with E-state index >= 15 is 0 Å². The van der Waals surface area contributed by atoms with Crippen molar-refractivity contribution in [2.75, 3.05) is 14.2 Å². The maximum Gasteiger partial charge on any atom is 0.264 e. The van der Waals surface area contributed by atoms with Crippen LogP contribution in [0.3, 0.4) is 0 Å². The van der Waals surface area contributed by atoms with Gasteiger partial charge >= 0.3 is 0 Å². The molecule has 0 aromatic heterocycles. The van der Waals surface area contributed by atoms with Gasteiger partial charge in [-0.25, -0.2) is 0 Å². The van der Waals surface area contributed by atoms with Crippen molar-refractivity contribution in [2.24, 2.45) is 10.2 Å². The van der Waals surface area contributed by atoms with Gasteiger partial charge in [0.2, 0.25) is 0 Å². The van der Waals surface area contributed by atoms with E-state index in [1.54, 1.807) is 32.6 Å². The van der Waals surface area contributed by atoms with E-state index in [0.29, 0.717) is 21.6 Å². The molecule has 2 aromatic rings. The molecule has 132 valence electrons. The van der Waals surface area contributed by atoms with Gasteiger partial charge in [0.1, 0.15) is 0 Å². The fraction of sp³-hybridized carbons (Fsp3) is 0.105. The normalized spacial score (nSPS) is 17.1. The summed E-state index contributed by atoms with van der Waals surface area (Å²) in [4.78, 5) is 12.6. The highest BCUT2D eigenvalue weighted by molar-refractivity contribution is 8.18. The molecule has 1 heterocycles. The average molecular weight is 367 g/mol. The number of carbonyl (C=O) groups is 1. The molecule has 0 aliphatic carbocycles. The zero-order valence-electron chi connectivity index (χ0n) is 14.3. The van der Waals surface area contributed by atoms with Gasteiger partial charge in [0.25, 0.3) is 5.91 Å². The molecule has 0 saturated carbocycles. The quantitative estimate of drug-likeness (QED) is 0.500. The van der Waals surface area contributed by atoms with E-state index in [4.69, 9.17) is 9.47 Å². The van der Waals surface area contributed by atoms with E-state index in [-0.39, 0.29) is 5.91 Å². The molecule has 26 heavy (non-hydrogen) atoms. The SMILES string of the molecule is COc1ccc(C=NN=C2NC(=O)/C(=C\c3ccccc3)S2)cc1OC. The Morgan fingerprint density at radius 3 is 2.50 bits per heavy atom. The molecule has 0 bridgehead atoms. The summed E-state index contributed by atoms with van der Waals surface area (Å²) in [6, 6.07) is 15.1. The number of nitrogens with one attached hydrogen (secondary N) is 1. The van der Waals surface area contributed by atoms with Crippen molar-refractivity contribution in [3.8, 4) is 11.5 Å². The topological polar surface area (TPSA) is 72.3 Å². The van der Waals surface area contributed by atoms with Crippen molar-refractivity contribution in [1.82, 2.24) is 5.32 Å². The molecule has 1 fully saturated rings. The number of nitrogens with zero attached hydrogens (tertiary/aromatic N) is 2. The van der Waals surface area contributed by atoms with Crippen LogP contribution in [0.25, 0.3) is 6.08 Å². The number of ether oxygens (including phenoxy) is 2. The molecule has 1 aliphatic rings. The van der Waals surface area contributed by atoms with Crippen molar-refractivity contribution in [3.63, 3.8) is 0 Å². The van der Waals surface area contributed by atoms with Crippen molar-refractivity contribution >= 4 is 35.1 Å². The van der Waals surface area contributed by atoms with Crippen LogP contribution in [0.5, 0.6) is 11.5 Å². The lowest BCUT2D eigenvalue weighted by Gasteiger charge is -2.07. The van der Waals surface area contributed by atoms with Gasteiger partial charge < -0.3 is 9.47 Å². The third-order valence-corrected chi connectivity index (χ3v) is 4.41. The summed E-state index contributed by atoms with van der Waals surface area (Å²) in [7, 11) is 3.16. The molecule has 0 atom stereocenters. The summed E-state index contributed by atoms with van der Waals surface area (Å²) in [5.74, 6) is 1.07. The highest BCUT2D eigenvalue weighted by Crippen LogP contribution is 2.27. The van der Waals surface area contributed by atoms with Crippen LogP contribution >= 0.6 is 11.8 Å². The molecule has 1 N–H and O–H groups in total. The first kappa shape index (κ1) is 17.8. The van der Waals surface area contributed by atoms with Crippen LogP contribution in [0.4, 0.5) is 0 Å².